The Labute approximate surface area is 129 Å². The molecule has 1 unspecified atom stereocenters. The summed E-state index contributed by atoms with van der Waals surface area (Å²) in [7, 11) is 4.30. The molecule has 0 bridgehead atoms. The number of likely N-dealkylation sites (N-methyl/N-ethyl adjacent to an activating group) is 1. The molecule has 0 aromatic carbocycles. The number of aryl methyl sites for hydroxylation is 1. The fourth-order valence-electron chi connectivity index (χ4n) is 3.07. The largest absolute Gasteiger partial charge is 0.352 e. The Kier molecular flexibility index (Phi) is 6.00. The number of pyridine rings is 1. The van der Waals surface area contributed by atoms with E-state index in [0.717, 1.165) is 37.7 Å². The summed E-state index contributed by atoms with van der Waals surface area (Å²) in [4.78, 5) is 9.62. The van der Waals surface area contributed by atoms with Crippen LogP contribution >= 0.6 is 0 Å². The van der Waals surface area contributed by atoms with E-state index in [9.17, 15) is 0 Å². The normalized spacial score (nSPS) is 18.7. The topological polar surface area (TPSA) is 31.4 Å². The summed E-state index contributed by atoms with van der Waals surface area (Å²) in [5.74, 6) is 1.15. The molecule has 2 heterocycles. The molecule has 1 aromatic rings. The van der Waals surface area contributed by atoms with Gasteiger partial charge in [-0.2, -0.15) is 0 Å². The van der Waals surface area contributed by atoms with E-state index in [0.29, 0.717) is 6.04 Å². The Morgan fingerprint density at radius 1 is 1.38 bits per heavy atom. The molecule has 118 valence electrons. The molecule has 1 atom stereocenters. The minimum absolute atomic E-state index is 0.607. The van der Waals surface area contributed by atoms with Gasteiger partial charge in [0.25, 0.3) is 0 Å². The maximum atomic E-state index is 4.86. The highest BCUT2D eigenvalue weighted by atomic mass is 15.3. The monoisotopic (exact) mass is 290 g/mol. The van der Waals surface area contributed by atoms with E-state index in [2.05, 4.69) is 55.2 Å². The van der Waals surface area contributed by atoms with E-state index in [1.165, 1.54) is 24.8 Å². The van der Waals surface area contributed by atoms with Crippen molar-refractivity contribution in [3.8, 4) is 0 Å². The van der Waals surface area contributed by atoms with Gasteiger partial charge < -0.3 is 15.1 Å². The number of hydrogen-bond acceptors (Lipinski definition) is 4. The van der Waals surface area contributed by atoms with Crippen molar-refractivity contribution in [2.45, 2.75) is 45.7 Å². The molecule has 1 saturated heterocycles. The first-order valence-corrected chi connectivity index (χ1v) is 8.20. The van der Waals surface area contributed by atoms with Crippen molar-refractivity contribution >= 4 is 5.82 Å². The van der Waals surface area contributed by atoms with Gasteiger partial charge >= 0.3 is 0 Å². The van der Waals surface area contributed by atoms with Crippen molar-refractivity contribution in [2.24, 2.45) is 0 Å². The quantitative estimate of drug-likeness (QED) is 0.782. The number of anilines is 1. The second-order valence-electron chi connectivity index (χ2n) is 6.34. The van der Waals surface area contributed by atoms with Crippen LogP contribution in [0, 0.1) is 6.92 Å². The summed E-state index contributed by atoms with van der Waals surface area (Å²) in [5, 5.41) is 3.46. The van der Waals surface area contributed by atoms with Crippen LogP contribution in [-0.2, 0) is 6.54 Å². The zero-order chi connectivity index (χ0) is 15.2. The molecule has 4 nitrogen and oxygen atoms in total. The zero-order valence-electron chi connectivity index (χ0n) is 14.0. The third-order valence-electron chi connectivity index (χ3n) is 4.17. The van der Waals surface area contributed by atoms with Gasteiger partial charge in [0, 0.05) is 31.4 Å². The summed E-state index contributed by atoms with van der Waals surface area (Å²) >= 11 is 0. The van der Waals surface area contributed by atoms with Crippen molar-refractivity contribution in [3.63, 3.8) is 0 Å². The molecule has 0 saturated carbocycles. The van der Waals surface area contributed by atoms with Crippen LogP contribution in [0.25, 0.3) is 0 Å². The highest BCUT2D eigenvalue weighted by Gasteiger charge is 2.26. The molecule has 0 radical (unpaired) electrons. The van der Waals surface area contributed by atoms with Crippen molar-refractivity contribution in [3.05, 3.63) is 23.4 Å². The van der Waals surface area contributed by atoms with Gasteiger partial charge in [0.15, 0.2) is 0 Å². The van der Waals surface area contributed by atoms with Gasteiger partial charge in [-0.1, -0.05) is 13.0 Å². The summed E-state index contributed by atoms with van der Waals surface area (Å²) in [6.07, 6.45) is 3.72. The number of nitrogens with zero attached hydrogens (tertiary/aromatic N) is 3. The number of nitrogens with one attached hydrogen (secondary N) is 1. The third-order valence-corrected chi connectivity index (χ3v) is 4.17. The number of hydrogen-bond donors (Lipinski definition) is 1. The molecule has 1 aromatic heterocycles. The van der Waals surface area contributed by atoms with Crippen LogP contribution in [0.4, 0.5) is 5.82 Å². The first-order chi connectivity index (χ1) is 10.1. The summed E-state index contributed by atoms with van der Waals surface area (Å²) < 4.78 is 0. The van der Waals surface area contributed by atoms with Gasteiger partial charge in [0.1, 0.15) is 5.82 Å². The van der Waals surface area contributed by atoms with E-state index in [-0.39, 0.29) is 0 Å². The van der Waals surface area contributed by atoms with E-state index >= 15 is 0 Å². The van der Waals surface area contributed by atoms with E-state index in [4.69, 9.17) is 4.98 Å². The van der Waals surface area contributed by atoms with Crippen LogP contribution in [0.3, 0.4) is 0 Å². The van der Waals surface area contributed by atoms with Crippen LogP contribution in [0.2, 0.25) is 0 Å². The van der Waals surface area contributed by atoms with Gasteiger partial charge in [-0.25, -0.2) is 4.98 Å². The molecule has 21 heavy (non-hydrogen) atoms. The van der Waals surface area contributed by atoms with Crippen LogP contribution in [0.15, 0.2) is 12.1 Å². The molecule has 4 heteroatoms. The van der Waals surface area contributed by atoms with E-state index in [1.807, 2.05) is 0 Å². The highest BCUT2D eigenvalue weighted by Crippen LogP contribution is 2.25. The molecule has 1 N–H and O–H groups in total. The molecule has 1 aliphatic heterocycles. The lowest BCUT2D eigenvalue weighted by atomic mass is 10.2. The zero-order valence-corrected chi connectivity index (χ0v) is 14.0. The molecule has 0 aliphatic carbocycles. The smallest absolute Gasteiger partial charge is 0.129 e. The van der Waals surface area contributed by atoms with Crippen molar-refractivity contribution in [2.75, 3.05) is 38.6 Å². The first-order valence-electron chi connectivity index (χ1n) is 8.20. The predicted octanol–water partition coefficient (Wildman–Crippen LogP) is 2.42. The van der Waals surface area contributed by atoms with Crippen LogP contribution in [0.1, 0.15) is 37.4 Å². The summed E-state index contributed by atoms with van der Waals surface area (Å²) in [6, 6.07) is 5.05. The molecule has 1 aliphatic rings. The van der Waals surface area contributed by atoms with Gasteiger partial charge in [-0.15, -0.1) is 0 Å². The van der Waals surface area contributed by atoms with Crippen LogP contribution in [0.5, 0.6) is 0 Å². The highest BCUT2D eigenvalue weighted by molar-refractivity contribution is 5.44. The fourth-order valence-corrected chi connectivity index (χ4v) is 3.07. The Morgan fingerprint density at radius 3 is 2.86 bits per heavy atom. The van der Waals surface area contributed by atoms with Crippen LogP contribution in [-0.4, -0.2) is 49.7 Å². The fraction of sp³-hybridized carbons (Fsp3) is 0.706. The van der Waals surface area contributed by atoms with Gasteiger partial charge in [0.2, 0.25) is 0 Å². The second-order valence-corrected chi connectivity index (χ2v) is 6.34. The minimum atomic E-state index is 0.607. The Hall–Kier alpha value is -1.13. The molecule has 0 spiro atoms. The third kappa shape index (κ3) is 4.42. The summed E-state index contributed by atoms with van der Waals surface area (Å²) in [6.45, 7) is 8.56. The van der Waals surface area contributed by atoms with Gasteiger partial charge in [0.05, 0.1) is 0 Å². The summed E-state index contributed by atoms with van der Waals surface area (Å²) in [5.41, 5.74) is 2.47. The van der Waals surface area contributed by atoms with Crippen LogP contribution < -0.4 is 10.2 Å². The van der Waals surface area contributed by atoms with Crippen molar-refractivity contribution < 1.29 is 0 Å². The molecular weight excluding hydrogens is 260 g/mol. The second kappa shape index (κ2) is 7.76. The number of rotatable bonds is 7. The lowest BCUT2D eigenvalue weighted by molar-refractivity contribution is 0.371. The molecule has 0 amide bonds. The van der Waals surface area contributed by atoms with E-state index < -0.39 is 0 Å². The minimum Gasteiger partial charge on any atom is -0.352 e. The van der Waals surface area contributed by atoms with Crippen molar-refractivity contribution in [1.82, 2.24) is 15.2 Å². The molecular formula is C17H30N4. The molecule has 1 fully saturated rings. The Bertz CT molecular complexity index is 444. The maximum Gasteiger partial charge on any atom is 0.129 e. The Balaban J connectivity index is 2.04. The van der Waals surface area contributed by atoms with Gasteiger partial charge in [-0.05, 0) is 58.5 Å². The van der Waals surface area contributed by atoms with E-state index in [1.54, 1.807) is 0 Å². The SMILES string of the molecule is CCCNCc1ccc(N2CCCC2CN(C)C)nc1C. The van der Waals surface area contributed by atoms with Crippen molar-refractivity contribution in [1.29, 1.82) is 0 Å². The lowest BCUT2D eigenvalue weighted by Gasteiger charge is -2.28. The average Bonchev–Trinajstić information content (AvgIpc) is 2.88. The Morgan fingerprint density at radius 2 is 2.19 bits per heavy atom. The lowest BCUT2D eigenvalue weighted by Crippen LogP contribution is -2.38. The maximum absolute atomic E-state index is 4.86. The van der Waals surface area contributed by atoms with Gasteiger partial charge in [-0.3, -0.25) is 0 Å². The first kappa shape index (κ1) is 16.2. The standard InChI is InChI=1S/C17H30N4/c1-5-10-18-12-15-8-9-17(19-14(15)2)21-11-6-7-16(21)13-20(3)4/h8-9,16,18H,5-7,10-13H2,1-4H3. The number of aromatic nitrogens is 1. The molecule has 2 rings (SSSR count). The predicted molar refractivity (Wildman–Crippen MR) is 89.9 cm³/mol. The average molecular weight is 290 g/mol.